The number of hydrogen-bond donors (Lipinski definition) is 3. The molecule has 278 valence electrons. The number of carboxylic acid groups (broad SMARTS) is 1. The van der Waals surface area contributed by atoms with Crippen LogP contribution in [0.15, 0.2) is 30.4 Å². The van der Waals surface area contributed by atoms with Crippen molar-refractivity contribution in [2.45, 2.75) is 89.8 Å². The molecule has 50 heavy (non-hydrogen) atoms. The van der Waals surface area contributed by atoms with E-state index in [1.54, 1.807) is 13.0 Å². The Morgan fingerprint density at radius 1 is 0.920 bits per heavy atom. The zero-order valence-corrected chi connectivity index (χ0v) is 28.7. The van der Waals surface area contributed by atoms with Crippen molar-refractivity contribution < 1.29 is 62.6 Å². The number of imide groups is 1. The van der Waals surface area contributed by atoms with Crippen molar-refractivity contribution in [2.75, 3.05) is 52.7 Å². The van der Waals surface area contributed by atoms with E-state index in [1.165, 1.54) is 17.1 Å². The highest BCUT2D eigenvalue weighted by Crippen LogP contribution is 2.28. The van der Waals surface area contributed by atoms with Gasteiger partial charge >= 0.3 is 11.9 Å². The van der Waals surface area contributed by atoms with Crippen molar-refractivity contribution in [1.29, 1.82) is 0 Å². The van der Waals surface area contributed by atoms with E-state index in [4.69, 9.17) is 28.4 Å². The topological polar surface area (TPSA) is 196 Å². The number of amides is 3. The van der Waals surface area contributed by atoms with Gasteiger partial charge in [-0.3, -0.25) is 24.1 Å². The van der Waals surface area contributed by atoms with Gasteiger partial charge in [0.2, 0.25) is 12.2 Å². The van der Waals surface area contributed by atoms with Crippen LogP contribution in [-0.2, 0) is 60.7 Å². The number of hydrogen-bond acceptors (Lipinski definition) is 12. The molecule has 2 aliphatic heterocycles. The van der Waals surface area contributed by atoms with Gasteiger partial charge in [-0.25, -0.2) is 4.79 Å². The molecule has 2 aliphatic rings. The Hall–Kier alpha value is -3.89. The second-order valence-electron chi connectivity index (χ2n) is 11.9. The Morgan fingerprint density at radius 3 is 2.32 bits per heavy atom. The molecule has 3 atom stereocenters. The first kappa shape index (κ1) is 40.5. The van der Waals surface area contributed by atoms with E-state index in [2.05, 4.69) is 5.32 Å². The number of ether oxygens (including phenoxy) is 6. The van der Waals surface area contributed by atoms with Crippen LogP contribution in [0, 0.1) is 0 Å². The molecule has 0 radical (unpaired) electrons. The quantitative estimate of drug-likeness (QED) is 0.0760. The fraction of sp³-hybridized carbons (Fsp3) is 0.629. The van der Waals surface area contributed by atoms with Crippen LogP contribution in [0.25, 0.3) is 0 Å². The van der Waals surface area contributed by atoms with Crippen LogP contribution in [0.1, 0.15) is 69.4 Å². The average molecular weight is 707 g/mol. The number of rotatable bonds is 25. The smallest absolute Gasteiger partial charge is 0.333 e. The maximum Gasteiger partial charge on any atom is 0.333 e. The molecule has 15 nitrogen and oxygen atoms in total. The number of aryl methyl sites for hydroxylation is 1. The van der Waals surface area contributed by atoms with Crippen LogP contribution in [0.3, 0.4) is 0 Å². The zero-order valence-electron chi connectivity index (χ0n) is 28.7. The minimum Gasteiger partial charge on any atom is -0.479 e. The minimum atomic E-state index is -1.17. The molecule has 0 spiro atoms. The Balaban J connectivity index is 1.20. The summed E-state index contributed by atoms with van der Waals surface area (Å²) in [6.45, 7) is 4.96. The summed E-state index contributed by atoms with van der Waals surface area (Å²) in [4.78, 5) is 59.3. The molecule has 3 N–H and O–H groups in total. The van der Waals surface area contributed by atoms with Crippen molar-refractivity contribution in [3.05, 3.63) is 41.5 Å². The summed E-state index contributed by atoms with van der Waals surface area (Å²) in [6.07, 6.45) is 3.76. The Morgan fingerprint density at radius 2 is 1.62 bits per heavy atom. The molecule has 1 fully saturated rings. The molecule has 0 aromatic heterocycles. The number of aliphatic hydroxyl groups excluding tert-OH is 1. The van der Waals surface area contributed by atoms with Crippen molar-refractivity contribution in [3.63, 3.8) is 0 Å². The molecular formula is C35H50N2O13. The maximum atomic E-state index is 11.9. The average Bonchev–Trinajstić information content (AvgIpc) is 3.41. The van der Waals surface area contributed by atoms with Gasteiger partial charge in [0.1, 0.15) is 12.4 Å². The first-order chi connectivity index (χ1) is 24.2. The van der Waals surface area contributed by atoms with E-state index >= 15 is 0 Å². The Kier molecular flexibility index (Phi) is 18.4. The molecule has 1 aromatic carbocycles. The largest absolute Gasteiger partial charge is 0.479 e. The number of carbonyl (C=O) groups excluding carboxylic acids is 4. The SMILES string of the molecule is CCC(=O)OCc1cc(CCCOCCOCCOCCNC(=O)CCCCCN2C(=O)C=CC2=O)ccc1OC1CC(O)CC(C(=O)O)O1. The van der Waals surface area contributed by atoms with Gasteiger partial charge in [-0.1, -0.05) is 19.4 Å². The minimum absolute atomic E-state index is 0.0138. The van der Waals surface area contributed by atoms with E-state index in [-0.39, 0.29) is 49.6 Å². The van der Waals surface area contributed by atoms with Crippen LogP contribution in [-0.4, -0.2) is 116 Å². The van der Waals surface area contributed by atoms with Crippen LogP contribution < -0.4 is 10.1 Å². The lowest BCUT2D eigenvalue weighted by atomic mass is 10.0. The van der Waals surface area contributed by atoms with Crippen molar-refractivity contribution in [3.8, 4) is 5.75 Å². The van der Waals surface area contributed by atoms with E-state index in [9.17, 15) is 34.2 Å². The van der Waals surface area contributed by atoms with Crippen LogP contribution >= 0.6 is 0 Å². The highest BCUT2D eigenvalue weighted by Gasteiger charge is 2.34. The lowest BCUT2D eigenvalue weighted by molar-refractivity contribution is -0.195. The second-order valence-corrected chi connectivity index (χ2v) is 11.9. The first-order valence-electron chi connectivity index (χ1n) is 17.2. The monoisotopic (exact) mass is 706 g/mol. The van der Waals surface area contributed by atoms with Gasteiger partial charge in [-0.2, -0.15) is 0 Å². The Labute approximate surface area is 292 Å². The molecule has 15 heteroatoms. The zero-order chi connectivity index (χ0) is 36.1. The molecule has 3 rings (SSSR count). The predicted octanol–water partition coefficient (Wildman–Crippen LogP) is 2.05. The summed E-state index contributed by atoms with van der Waals surface area (Å²) in [6, 6.07) is 5.46. The van der Waals surface area contributed by atoms with E-state index in [0.717, 1.165) is 18.4 Å². The van der Waals surface area contributed by atoms with Gasteiger partial charge < -0.3 is 44.0 Å². The van der Waals surface area contributed by atoms with Crippen molar-refractivity contribution in [1.82, 2.24) is 10.2 Å². The fourth-order valence-electron chi connectivity index (χ4n) is 5.17. The van der Waals surface area contributed by atoms with E-state index in [0.29, 0.717) is 89.7 Å². The summed E-state index contributed by atoms with van der Waals surface area (Å²) < 4.78 is 33.4. The number of carboxylic acids is 1. The van der Waals surface area contributed by atoms with Gasteiger partial charge in [0, 0.05) is 63.1 Å². The van der Waals surface area contributed by atoms with E-state index in [1.807, 2.05) is 12.1 Å². The van der Waals surface area contributed by atoms with Crippen molar-refractivity contribution in [2.24, 2.45) is 0 Å². The number of nitrogens with zero attached hydrogens (tertiary/aromatic N) is 1. The lowest BCUT2D eigenvalue weighted by Gasteiger charge is -2.31. The number of aliphatic hydroxyl groups is 1. The van der Waals surface area contributed by atoms with Crippen molar-refractivity contribution >= 4 is 29.7 Å². The lowest BCUT2D eigenvalue weighted by Crippen LogP contribution is -2.42. The number of unbranched alkanes of at least 4 members (excludes halogenated alkanes) is 2. The third-order valence-corrected chi connectivity index (χ3v) is 7.86. The van der Waals surface area contributed by atoms with Crippen LogP contribution in [0.2, 0.25) is 0 Å². The van der Waals surface area contributed by atoms with Gasteiger partial charge in [-0.05, 0) is 43.4 Å². The number of benzene rings is 1. The summed E-state index contributed by atoms with van der Waals surface area (Å²) >= 11 is 0. The van der Waals surface area contributed by atoms with E-state index < -0.39 is 24.5 Å². The fourth-order valence-corrected chi connectivity index (χ4v) is 5.17. The summed E-state index contributed by atoms with van der Waals surface area (Å²) in [5, 5.41) is 22.2. The number of carbonyl (C=O) groups is 5. The van der Waals surface area contributed by atoms with Gasteiger partial charge in [0.25, 0.3) is 11.8 Å². The summed E-state index contributed by atoms with van der Waals surface area (Å²) in [7, 11) is 0. The first-order valence-corrected chi connectivity index (χ1v) is 17.2. The van der Waals surface area contributed by atoms with Gasteiger partial charge in [-0.15, -0.1) is 0 Å². The van der Waals surface area contributed by atoms with Gasteiger partial charge in [0.05, 0.1) is 39.1 Å². The molecule has 1 saturated heterocycles. The van der Waals surface area contributed by atoms with Gasteiger partial charge in [0.15, 0.2) is 6.10 Å². The summed E-state index contributed by atoms with van der Waals surface area (Å²) in [5.41, 5.74) is 1.58. The highest BCUT2D eigenvalue weighted by atomic mass is 16.7. The molecule has 2 heterocycles. The maximum absolute atomic E-state index is 11.9. The molecular weight excluding hydrogens is 656 g/mol. The molecule has 0 aliphatic carbocycles. The molecule has 0 saturated carbocycles. The highest BCUT2D eigenvalue weighted by molar-refractivity contribution is 6.12. The van der Waals surface area contributed by atoms with Crippen LogP contribution in [0.4, 0.5) is 0 Å². The standard InChI is InChI=1S/C35H50N2O13/c1-2-33(42)48-24-26-21-25(9-10-28(26)49-34-23-27(38)22-29(50-34)35(43)44)7-6-15-45-17-19-47-20-18-46-16-13-36-30(39)8-4-3-5-14-37-31(40)11-12-32(37)41/h9-12,21,27,29,34,38H,2-8,13-20,22-24H2,1H3,(H,36,39)(H,43,44). The Bertz CT molecular complexity index is 1270. The number of aliphatic carboxylic acids is 1. The predicted molar refractivity (Wildman–Crippen MR) is 177 cm³/mol. The number of nitrogens with one attached hydrogen (secondary N) is 1. The summed E-state index contributed by atoms with van der Waals surface area (Å²) in [5.74, 6) is -1.78. The number of esters is 1. The molecule has 3 unspecified atom stereocenters. The second kappa shape index (κ2) is 22.8. The van der Waals surface area contributed by atoms with Crippen LogP contribution in [0.5, 0.6) is 5.75 Å². The molecule has 0 bridgehead atoms. The normalized spacial score (nSPS) is 18.8. The third kappa shape index (κ3) is 15.3. The molecule has 3 amide bonds. The third-order valence-electron chi connectivity index (χ3n) is 7.86. The molecule has 1 aromatic rings.